The third-order valence-electron chi connectivity index (χ3n) is 2.92. The van der Waals surface area contributed by atoms with Gasteiger partial charge in [0.2, 0.25) is 0 Å². The Balaban J connectivity index is 2.00. The van der Waals surface area contributed by atoms with E-state index < -0.39 is 0 Å². The molecule has 0 aliphatic heterocycles. The SMILES string of the molecule is CCNCCNC1CCCC(C)C1. The Morgan fingerprint density at radius 1 is 1.23 bits per heavy atom. The highest BCUT2D eigenvalue weighted by Crippen LogP contribution is 2.23. The van der Waals surface area contributed by atoms with Crippen molar-refractivity contribution in [2.24, 2.45) is 5.92 Å². The molecule has 0 heterocycles. The standard InChI is InChI=1S/C11H24N2/c1-3-12-7-8-13-11-6-4-5-10(2)9-11/h10-13H,3-9H2,1-2H3. The summed E-state index contributed by atoms with van der Waals surface area (Å²) in [6.45, 7) is 7.86. The first-order valence-corrected chi connectivity index (χ1v) is 5.77. The van der Waals surface area contributed by atoms with Gasteiger partial charge in [-0.15, -0.1) is 0 Å². The lowest BCUT2D eigenvalue weighted by molar-refractivity contribution is 0.302. The first-order valence-electron chi connectivity index (χ1n) is 5.77. The quantitative estimate of drug-likeness (QED) is 0.636. The second-order valence-electron chi connectivity index (χ2n) is 4.28. The molecule has 1 aliphatic carbocycles. The summed E-state index contributed by atoms with van der Waals surface area (Å²) in [4.78, 5) is 0. The maximum absolute atomic E-state index is 3.62. The van der Waals surface area contributed by atoms with Gasteiger partial charge in [0.25, 0.3) is 0 Å². The van der Waals surface area contributed by atoms with Gasteiger partial charge in [-0.05, 0) is 25.3 Å². The Kier molecular flexibility index (Phi) is 5.40. The van der Waals surface area contributed by atoms with Crippen LogP contribution < -0.4 is 10.6 Å². The second-order valence-corrected chi connectivity index (χ2v) is 4.28. The average molecular weight is 184 g/mol. The zero-order valence-electron chi connectivity index (χ0n) is 9.10. The van der Waals surface area contributed by atoms with Crippen LogP contribution in [0.4, 0.5) is 0 Å². The highest BCUT2D eigenvalue weighted by Gasteiger charge is 2.17. The zero-order valence-corrected chi connectivity index (χ0v) is 9.10. The Labute approximate surface area is 82.5 Å². The highest BCUT2D eigenvalue weighted by atomic mass is 15.0. The molecule has 13 heavy (non-hydrogen) atoms. The lowest BCUT2D eigenvalue weighted by Gasteiger charge is -2.27. The van der Waals surface area contributed by atoms with E-state index in [-0.39, 0.29) is 0 Å². The smallest absolute Gasteiger partial charge is 0.00793 e. The summed E-state index contributed by atoms with van der Waals surface area (Å²) in [5.41, 5.74) is 0. The van der Waals surface area contributed by atoms with Gasteiger partial charge in [-0.3, -0.25) is 0 Å². The molecule has 0 radical (unpaired) electrons. The molecule has 0 aromatic carbocycles. The highest BCUT2D eigenvalue weighted by molar-refractivity contribution is 4.75. The normalized spacial score (nSPS) is 29.1. The van der Waals surface area contributed by atoms with E-state index in [4.69, 9.17) is 0 Å². The van der Waals surface area contributed by atoms with Crippen molar-refractivity contribution < 1.29 is 0 Å². The van der Waals surface area contributed by atoms with Crippen LogP contribution in [0.5, 0.6) is 0 Å². The van der Waals surface area contributed by atoms with Gasteiger partial charge < -0.3 is 10.6 Å². The summed E-state index contributed by atoms with van der Waals surface area (Å²) in [6, 6.07) is 0.794. The number of likely N-dealkylation sites (N-methyl/N-ethyl adjacent to an activating group) is 1. The maximum Gasteiger partial charge on any atom is 0.00793 e. The fourth-order valence-electron chi connectivity index (χ4n) is 2.16. The van der Waals surface area contributed by atoms with Crippen molar-refractivity contribution in [3.63, 3.8) is 0 Å². The van der Waals surface area contributed by atoms with E-state index in [9.17, 15) is 0 Å². The molecule has 2 N–H and O–H groups in total. The second kappa shape index (κ2) is 6.39. The largest absolute Gasteiger partial charge is 0.316 e. The number of nitrogens with one attached hydrogen (secondary N) is 2. The number of hydrogen-bond acceptors (Lipinski definition) is 2. The molecule has 1 saturated carbocycles. The fourth-order valence-corrected chi connectivity index (χ4v) is 2.16. The van der Waals surface area contributed by atoms with Crippen LogP contribution in [0.15, 0.2) is 0 Å². The fraction of sp³-hybridized carbons (Fsp3) is 1.00. The molecular formula is C11H24N2. The van der Waals surface area contributed by atoms with Gasteiger partial charge in [0.15, 0.2) is 0 Å². The van der Waals surface area contributed by atoms with Gasteiger partial charge in [0.1, 0.15) is 0 Å². The van der Waals surface area contributed by atoms with E-state index in [1.54, 1.807) is 0 Å². The summed E-state index contributed by atoms with van der Waals surface area (Å²) >= 11 is 0. The molecule has 0 bridgehead atoms. The van der Waals surface area contributed by atoms with Crippen molar-refractivity contribution in [2.75, 3.05) is 19.6 Å². The molecule has 2 unspecified atom stereocenters. The van der Waals surface area contributed by atoms with Crippen LogP contribution in [0.1, 0.15) is 39.5 Å². The minimum absolute atomic E-state index is 0.794. The number of rotatable bonds is 5. The van der Waals surface area contributed by atoms with Gasteiger partial charge in [0.05, 0.1) is 0 Å². The zero-order chi connectivity index (χ0) is 9.52. The molecule has 0 spiro atoms. The molecule has 0 aromatic heterocycles. The van der Waals surface area contributed by atoms with Crippen LogP contribution in [0.3, 0.4) is 0 Å². The van der Waals surface area contributed by atoms with Crippen molar-refractivity contribution in [3.8, 4) is 0 Å². The van der Waals surface area contributed by atoms with Gasteiger partial charge in [-0.25, -0.2) is 0 Å². The van der Waals surface area contributed by atoms with Crippen molar-refractivity contribution in [1.29, 1.82) is 0 Å². The van der Waals surface area contributed by atoms with Gasteiger partial charge >= 0.3 is 0 Å². The van der Waals surface area contributed by atoms with Crippen LogP contribution in [-0.2, 0) is 0 Å². The minimum Gasteiger partial charge on any atom is -0.316 e. The van der Waals surface area contributed by atoms with Crippen molar-refractivity contribution in [2.45, 2.75) is 45.6 Å². The van der Waals surface area contributed by atoms with E-state index >= 15 is 0 Å². The molecule has 2 atom stereocenters. The summed E-state index contributed by atoms with van der Waals surface area (Å²) in [5, 5.41) is 6.96. The minimum atomic E-state index is 0.794. The molecule has 1 rings (SSSR count). The lowest BCUT2D eigenvalue weighted by Crippen LogP contribution is -2.37. The van der Waals surface area contributed by atoms with E-state index in [1.165, 1.54) is 25.7 Å². The van der Waals surface area contributed by atoms with Crippen LogP contribution >= 0.6 is 0 Å². The summed E-state index contributed by atoms with van der Waals surface area (Å²) in [6.07, 6.45) is 5.62. The predicted octanol–water partition coefficient (Wildman–Crippen LogP) is 1.76. The number of hydrogen-bond donors (Lipinski definition) is 2. The Morgan fingerprint density at radius 2 is 2.08 bits per heavy atom. The first-order chi connectivity index (χ1) is 6.33. The van der Waals surface area contributed by atoms with Crippen molar-refractivity contribution in [3.05, 3.63) is 0 Å². The van der Waals surface area contributed by atoms with Crippen molar-refractivity contribution in [1.82, 2.24) is 10.6 Å². The van der Waals surface area contributed by atoms with Crippen LogP contribution in [-0.4, -0.2) is 25.7 Å². The van der Waals surface area contributed by atoms with E-state index in [0.717, 1.165) is 31.6 Å². The molecular weight excluding hydrogens is 160 g/mol. The summed E-state index contributed by atoms with van der Waals surface area (Å²) in [7, 11) is 0. The third-order valence-corrected chi connectivity index (χ3v) is 2.92. The molecule has 78 valence electrons. The Morgan fingerprint density at radius 3 is 2.77 bits per heavy atom. The molecule has 2 heteroatoms. The lowest BCUT2D eigenvalue weighted by atomic mass is 9.87. The predicted molar refractivity (Wildman–Crippen MR) is 58.0 cm³/mol. The van der Waals surface area contributed by atoms with Crippen molar-refractivity contribution >= 4 is 0 Å². The topological polar surface area (TPSA) is 24.1 Å². The molecule has 2 nitrogen and oxygen atoms in total. The monoisotopic (exact) mass is 184 g/mol. The van der Waals surface area contributed by atoms with E-state index in [2.05, 4.69) is 24.5 Å². The van der Waals surface area contributed by atoms with Gasteiger partial charge in [-0.1, -0.05) is 26.7 Å². The average Bonchev–Trinajstić information content (AvgIpc) is 2.13. The summed E-state index contributed by atoms with van der Waals surface area (Å²) in [5.74, 6) is 0.936. The van der Waals surface area contributed by atoms with Gasteiger partial charge in [-0.2, -0.15) is 0 Å². The maximum atomic E-state index is 3.62. The molecule has 0 aromatic rings. The van der Waals surface area contributed by atoms with E-state index in [0.29, 0.717) is 0 Å². The van der Waals surface area contributed by atoms with Crippen LogP contribution in [0, 0.1) is 5.92 Å². The molecule has 0 saturated heterocycles. The molecule has 1 fully saturated rings. The van der Waals surface area contributed by atoms with Crippen LogP contribution in [0.2, 0.25) is 0 Å². The summed E-state index contributed by atoms with van der Waals surface area (Å²) < 4.78 is 0. The van der Waals surface area contributed by atoms with Crippen LogP contribution in [0.25, 0.3) is 0 Å². The Bertz CT molecular complexity index is 125. The third kappa shape index (κ3) is 4.63. The van der Waals surface area contributed by atoms with E-state index in [1.807, 2.05) is 0 Å². The molecule has 1 aliphatic rings. The Hall–Kier alpha value is -0.0800. The molecule has 0 amide bonds. The van der Waals surface area contributed by atoms with Gasteiger partial charge in [0, 0.05) is 19.1 Å². The first kappa shape index (κ1) is 11.0.